The zero-order valence-electron chi connectivity index (χ0n) is 11.7. The highest BCUT2D eigenvalue weighted by Gasteiger charge is 2.08. The maximum Gasteiger partial charge on any atom is 0.264 e. The lowest BCUT2D eigenvalue weighted by Crippen LogP contribution is -2.02. The third-order valence-corrected chi connectivity index (χ3v) is 3.35. The highest BCUT2D eigenvalue weighted by molar-refractivity contribution is 7.85. The van der Waals surface area contributed by atoms with Gasteiger partial charge in [-0.1, -0.05) is 44.2 Å². The van der Waals surface area contributed by atoms with Crippen LogP contribution in [0.25, 0.3) is 0 Å². The molecule has 0 aliphatic rings. The minimum absolute atomic E-state index is 0.0567. The molecule has 0 aliphatic carbocycles. The molecule has 0 aromatic carbocycles. The lowest BCUT2D eigenvalue weighted by Gasteiger charge is -1.98. The fourth-order valence-corrected chi connectivity index (χ4v) is 2.12. The molecule has 0 amide bonds. The summed E-state index contributed by atoms with van der Waals surface area (Å²) in [6.07, 6.45) is 9.23. The third kappa shape index (κ3) is 8.00. The number of nitrogens with zero attached hydrogens (tertiary/aromatic N) is 1. The van der Waals surface area contributed by atoms with E-state index in [1.165, 1.54) is 32.1 Å². The molecule has 0 saturated carbocycles. The van der Waals surface area contributed by atoms with Crippen molar-refractivity contribution in [2.75, 3.05) is 6.26 Å². The second-order valence-corrected chi connectivity index (χ2v) is 6.41. The van der Waals surface area contributed by atoms with Crippen molar-refractivity contribution in [3.63, 3.8) is 0 Å². The van der Waals surface area contributed by atoms with Gasteiger partial charge in [0.2, 0.25) is 0 Å². The third-order valence-electron chi connectivity index (χ3n) is 2.81. The SMILES string of the molecule is CCCCCCCCc1cc(COS(C)(=O)=O)no1. The van der Waals surface area contributed by atoms with Gasteiger partial charge in [0.1, 0.15) is 18.1 Å². The summed E-state index contributed by atoms with van der Waals surface area (Å²) >= 11 is 0. The van der Waals surface area contributed by atoms with Gasteiger partial charge >= 0.3 is 0 Å². The first-order valence-electron chi connectivity index (χ1n) is 6.80. The predicted octanol–water partition coefficient (Wildman–Crippen LogP) is 3.05. The van der Waals surface area contributed by atoms with Crippen LogP contribution in [-0.2, 0) is 27.3 Å². The Morgan fingerprint density at radius 1 is 1.21 bits per heavy atom. The maximum atomic E-state index is 10.8. The fraction of sp³-hybridized carbons (Fsp3) is 0.769. The van der Waals surface area contributed by atoms with E-state index in [0.717, 1.165) is 24.9 Å². The van der Waals surface area contributed by atoms with E-state index in [4.69, 9.17) is 4.52 Å². The normalized spacial score (nSPS) is 11.9. The lowest BCUT2D eigenvalue weighted by atomic mass is 10.1. The van der Waals surface area contributed by atoms with Crippen molar-refractivity contribution in [2.24, 2.45) is 0 Å². The predicted molar refractivity (Wildman–Crippen MR) is 73.2 cm³/mol. The van der Waals surface area contributed by atoms with Gasteiger partial charge < -0.3 is 4.52 Å². The van der Waals surface area contributed by atoms with Gasteiger partial charge in [0.15, 0.2) is 0 Å². The smallest absolute Gasteiger partial charge is 0.264 e. The Balaban J connectivity index is 2.20. The lowest BCUT2D eigenvalue weighted by molar-refractivity contribution is 0.292. The largest absolute Gasteiger partial charge is 0.361 e. The molecule has 1 aromatic heterocycles. The van der Waals surface area contributed by atoms with Crippen LogP contribution in [-0.4, -0.2) is 19.8 Å². The van der Waals surface area contributed by atoms with Crippen LogP contribution in [0.1, 0.15) is 56.9 Å². The van der Waals surface area contributed by atoms with Gasteiger partial charge in [-0.25, -0.2) is 0 Å². The molecule has 0 N–H and O–H groups in total. The molecule has 0 bridgehead atoms. The number of rotatable bonds is 10. The van der Waals surface area contributed by atoms with Crippen LogP contribution >= 0.6 is 0 Å². The Kier molecular flexibility index (Phi) is 7.09. The fourth-order valence-electron chi connectivity index (χ4n) is 1.79. The molecule has 5 nitrogen and oxygen atoms in total. The molecule has 0 fully saturated rings. The summed E-state index contributed by atoms with van der Waals surface area (Å²) in [5, 5.41) is 3.78. The second kappa shape index (κ2) is 8.32. The van der Waals surface area contributed by atoms with Crippen LogP contribution in [0.2, 0.25) is 0 Å². The Morgan fingerprint density at radius 2 is 1.89 bits per heavy atom. The molecule has 6 heteroatoms. The molecule has 0 radical (unpaired) electrons. The Bertz CT molecular complexity index is 453. The Hall–Kier alpha value is -0.880. The van der Waals surface area contributed by atoms with Gasteiger partial charge in [-0.15, -0.1) is 0 Å². The highest BCUT2D eigenvalue weighted by Crippen LogP contribution is 2.12. The van der Waals surface area contributed by atoms with Crippen LogP contribution in [0.15, 0.2) is 10.6 Å². The van der Waals surface area contributed by atoms with Crippen LogP contribution in [0.3, 0.4) is 0 Å². The highest BCUT2D eigenvalue weighted by atomic mass is 32.2. The molecule has 0 saturated heterocycles. The Morgan fingerprint density at radius 3 is 2.58 bits per heavy atom. The summed E-state index contributed by atoms with van der Waals surface area (Å²) in [6, 6.07) is 1.76. The van der Waals surface area contributed by atoms with Crippen molar-refractivity contribution in [1.29, 1.82) is 0 Å². The molecule has 0 spiro atoms. The van der Waals surface area contributed by atoms with E-state index >= 15 is 0 Å². The van der Waals surface area contributed by atoms with Gasteiger partial charge in [0.25, 0.3) is 10.1 Å². The van der Waals surface area contributed by atoms with Crippen molar-refractivity contribution in [3.05, 3.63) is 17.5 Å². The van der Waals surface area contributed by atoms with Crippen molar-refractivity contribution in [2.45, 2.75) is 58.5 Å². The second-order valence-electron chi connectivity index (χ2n) is 4.77. The number of aryl methyl sites for hydroxylation is 1. The summed E-state index contributed by atoms with van der Waals surface area (Å²) in [4.78, 5) is 0. The molecule has 1 rings (SSSR count). The molecular weight excluding hydrogens is 266 g/mol. The van der Waals surface area contributed by atoms with Crippen molar-refractivity contribution in [1.82, 2.24) is 5.16 Å². The van der Waals surface area contributed by atoms with Crippen LogP contribution in [0.4, 0.5) is 0 Å². The number of aromatic nitrogens is 1. The summed E-state index contributed by atoms with van der Waals surface area (Å²) in [5.74, 6) is 0.794. The molecule has 19 heavy (non-hydrogen) atoms. The first-order chi connectivity index (χ1) is 9.01. The zero-order chi connectivity index (χ0) is 14.1. The van der Waals surface area contributed by atoms with Crippen molar-refractivity contribution in [3.8, 4) is 0 Å². The quantitative estimate of drug-likeness (QED) is 0.489. The molecular formula is C13H23NO4S. The molecule has 0 aliphatic heterocycles. The Labute approximate surface area is 115 Å². The van der Waals surface area contributed by atoms with Crippen LogP contribution < -0.4 is 0 Å². The standard InChI is InChI=1S/C13H23NO4S/c1-3-4-5-6-7-8-9-13-10-12(14-18-13)11-17-19(2,15)16/h10H,3-9,11H2,1-2H3. The van der Waals surface area contributed by atoms with Gasteiger partial charge in [0, 0.05) is 12.5 Å². The average Bonchev–Trinajstić information content (AvgIpc) is 2.78. The molecule has 1 aromatic rings. The number of unbranched alkanes of at least 4 members (excludes halogenated alkanes) is 5. The van der Waals surface area contributed by atoms with Crippen molar-refractivity contribution >= 4 is 10.1 Å². The summed E-state index contributed by atoms with van der Waals surface area (Å²) in [7, 11) is -3.42. The topological polar surface area (TPSA) is 69.4 Å². The summed E-state index contributed by atoms with van der Waals surface area (Å²) < 4.78 is 31.4. The van der Waals surface area contributed by atoms with E-state index in [1.807, 2.05) is 0 Å². The molecule has 110 valence electrons. The zero-order valence-corrected chi connectivity index (χ0v) is 12.5. The molecule has 1 heterocycles. The maximum absolute atomic E-state index is 10.8. The van der Waals surface area contributed by atoms with Gasteiger partial charge in [-0.05, 0) is 6.42 Å². The number of hydrogen-bond acceptors (Lipinski definition) is 5. The van der Waals surface area contributed by atoms with Crippen LogP contribution in [0, 0.1) is 0 Å². The average molecular weight is 289 g/mol. The minimum atomic E-state index is -3.42. The summed E-state index contributed by atoms with van der Waals surface area (Å²) in [6.45, 7) is 2.15. The molecule has 0 unspecified atom stereocenters. The monoisotopic (exact) mass is 289 g/mol. The van der Waals surface area contributed by atoms with Crippen molar-refractivity contribution < 1.29 is 17.1 Å². The summed E-state index contributed by atoms with van der Waals surface area (Å²) in [5.41, 5.74) is 0.520. The van der Waals surface area contributed by atoms with E-state index in [1.54, 1.807) is 6.07 Å². The van der Waals surface area contributed by atoms with E-state index in [0.29, 0.717) is 5.69 Å². The van der Waals surface area contributed by atoms with Crippen LogP contribution in [0.5, 0.6) is 0 Å². The van der Waals surface area contributed by atoms with E-state index < -0.39 is 10.1 Å². The van der Waals surface area contributed by atoms with E-state index in [2.05, 4.69) is 16.3 Å². The number of hydrogen-bond donors (Lipinski definition) is 0. The van der Waals surface area contributed by atoms with Gasteiger partial charge in [-0.2, -0.15) is 8.42 Å². The van der Waals surface area contributed by atoms with Gasteiger partial charge in [0.05, 0.1) is 6.26 Å². The first-order valence-corrected chi connectivity index (χ1v) is 8.62. The van der Waals surface area contributed by atoms with E-state index in [-0.39, 0.29) is 6.61 Å². The minimum Gasteiger partial charge on any atom is -0.361 e. The first kappa shape index (κ1) is 16.2. The van der Waals surface area contributed by atoms with E-state index in [9.17, 15) is 8.42 Å². The molecule has 0 atom stereocenters. The van der Waals surface area contributed by atoms with Gasteiger partial charge in [-0.3, -0.25) is 4.18 Å².